The molecule has 0 aromatic heterocycles. The van der Waals surface area contributed by atoms with Gasteiger partial charge in [-0.05, 0) is 25.7 Å². The zero-order valence-corrected chi connectivity index (χ0v) is 13.5. The van der Waals surface area contributed by atoms with Gasteiger partial charge in [-0.25, -0.2) is 0 Å². The smallest absolute Gasteiger partial charge is 0.226 e. The Morgan fingerprint density at radius 2 is 1.70 bits per heavy atom. The number of rotatable bonds is 4. The Balaban J connectivity index is 1.98. The third-order valence-corrected chi connectivity index (χ3v) is 4.57. The average Bonchev–Trinajstić information content (AvgIpc) is 2.98. The summed E-state index contributed by atoms with van der Waals surface area (Å²) in [7, 11) is 0. The van der Waals surface area contributed by atoms with Gasteiger partial charge >= 0.3 is 0 Å². The summed E-state index contributed by atoms with van der Waals surface area (Å²) in [5.41, 5.74) is 0. The van der Waals surface area contributed by atoms with E-state index in [9.17, 15) is 9.59 Å². The Morgan fingerprint density at radius 1 is 1.10 bits per heavy atom. The number of likely N-dealkylation sites (tertiary alicyclic amines) is 1. The van der Waals surface area contributed by atoms with E-state index in [-0.39, 0.29) is 23.7 Å². The lowest BCUT2D eigenvalue weighted by molar-refractivity contribution is -0.142. The molecule has 1 aliphatic heterocycles. The van der Waals surface area contributed by atoms with Crippen molar-refractivity contribution in [2.45, 2.75) is 38.5 Å². The number of amides is 2. The Hall–Kier alpha value is -0.840. The molecule has 1 N–H and O–H groups in total. The van der Waals surface area contributed by atoms with Crippen molar-refractivity contribution in [2.75, 3.05) is 19.6 Å². The standard InChI is InChI=1S/C15H23BrN2O2/c1-11(16)10-17-14(19)12-6-2-3-7-13(12)15(20)18-8-4-5-9-18/h12-13H,1-10H2,(H,17,19)/t12-,13+/m0/s1. The number of nitrogens with one attached hydrogen (secondary N) is 1. The fourth-order valence-corrected chi connectivity index (χ4v) is 3.37. The van der Waals surface area contributed by atoms with Crippen LogP contribution in [0.2, 0.25) is 0 Å². The molecule has 1 saturated carbocycles. The lowest BCUT2D eigenvalue weighted by Gasteiger charge is -2.32. The lowest BCUT2D eigenvalue weighted by atomic mass is 9.78. The molecular weight excluding hydrogens is 320 g/mol. The van der Waals surface area contributed by atoms with Crippen LogP contribution in [0.4, 0.5) is 0 Å². The van der Waals surface area contributed by atoms with Gasteiger partial charge in [0.15, 0.2) is 0 Å². The quantitative estimate of drug-likeness (QED) is 0.852. The van der Waals surface area contributed by atoms with E-state index in [4.69, 9.17) is 0 Å². The topological polar surface area (TPSA) is 49.4 Å². The number of carbonyl (C=O) groups excluding carboxylic acids is 2. The van der Waals surface area contributed by atoms with Crippen LogP contribution in [-0.2, 0) is 9.59 Å². The molecule has 0 aromatic carbocycles. The molecule has 2 fully saturated rings. The molecule has 1 heterocycles. The van der Waals surface area contributed by atoms with Gasteiger partial charge in [0.1, 0.15) is 0 Å². The van der Waals surface area contributed by atoms with E-state index in [1.54, 1.807) is 0 Å². The minimum Gasteiger partial charge on any atom is -0.351 e. The second-order valence-electron chi connectivity index (χ2n) is 5.76. The average molecular weight is 343 g/mol. The van der Waals surface area contributed by atoms with Gasteiger partial charge < -0.3 is 10.2 Å². The van der Waals surface area contributed by atoms with Crippen molar-refractivity contribution in [2.24, 2.45) is 11.8 Å². The fourth-order valence-electron chi connectivity index (χ4n) is 3.23. The minimum atomic E-state index is -0.163. The summed E-state index contributed by atoms with van der Waals surface area (Å²) < 4.78 is 0.754. The normalized spacial score (nSPS) is 26.4. The number of hydrogen-bond acceptors (Lipinski definition) is 2. The van der Waals surface area contributed by atoms with Gasteiger partial charge in [-0.2, -0.15) is 0 Å². The van der Waals surface area contributed by atoms with Crippen LogP contribution < -0.4 is 5.32 Å². The molecule has 20 heavy (non-hydrogen) atoms. The molecule has 2 aliphatic rings. The predicted octanol–water partition coefficient (Wildman–Crippen LogP) is 2.44. The van der Waals surface area contributed by atoms with Crippen LogP contribution in [0.15, 0.2) is 11.1 Å². The van der Waals surface area contributed by atoms with E-state index in [0.29, 0.717) is 6.54 Å². The van der Waals surface area contributed by atoms with E-state index in [1.165, 1.54) is 0 Å². The summed E-state index contributed by atoms with van der Waals surface area (Å²) in [6, 6.07) is 0. The van der Waals surface area contributed by atoms with Crippen molar-refractivity contribution in [1.29, 1.82) is 0 Å². The van der Waals surface area contributed by atoms with Crippen LogP contribution in [-0.4, -0.2) is 36.3 Å². The first-order valence-electron chi connectivity index (χ1n) is 7.49. The molecule has 2 amide bonds. The molecule has 2 atom stereocenters. The molecule has 0 bridgehead atoms. The third-order valence-electron chi connectivity index (χ3n) is 4.29. The molecule has 0 unspecified atom stereocenters. The Kier molecular flexibility index (Phi) is 5.64. The summed E-state index contributed by atoms with van der Waals surface area (Å²) in [5.74, 6) is -0.0861. The van der Waals surface area contributed by atoms with Gasteiger partial charge in [0, 0.05) is 36.0 Å². The van der Waals surface area contributed by atoms with Gasteiger partial charge in [-0.3, -0.25) is 9.59 Å². The molecular formula is C15H23BrN2O2. The summed E-state index contributed by atoms with van der Waals surface area (Å²) in [6.07, 6.45) is 5.96. The minimum absolute atomic E-state index is 0.00264. The Morgan fingerprint density at radius 3 is 2.30 bits per heavy atom. The highest BCUT2D eigenvalue weighted by Crippen LogP contribution is 2.32. The maximum atomic E-state index is 12.6. The van der Waals surface area contributed by atoms with Crippen LogP contribution in [0.25, 0.3) is 0 Å². The van der Waals surface area contributed by atoms with Gasteiger partial charge in [0.05, 0.1) is 0 Å². The van der Waals surface area contributed by atoms with Gasteiger partial charge in [0.25, 0.3) is 0 Å². The molecule has 1 aliphatic carbocycles. The number of hydrogen-bond donors (Lipinski definition) is 1. The van der Waals surface area contributed by atoms with Crippen molar-refractivity contribution in [3.05, 3.63) is 11.1 Å². The van der Waals surface area contributed by atoms with E-state index in [0.717, 1.165) is 56.1 Å². The molecule has 2 rings (SSSR count). The molecule has 5 heteroatoms. The van der Waals surface area contributed by atoms with Crippen LogP contribution in [0.5, 0.6) is 0 Å². The highest BCUT2D eigenvalue weighted by molar-refractivity contribution is 9.11. The molecule has 4 nitrogen and oxygen atoms in total. The summed E-state index contributed by atoms with van der Waals surface area (Å²) in [5, 5.41) is 2.87. The Bertz CT molecular complexity index is 391. The molecule has 0 aromatic rings. The van der Waals surface area contributed by atoms with Gasteiger partial charge in [0.2, 0.25) is 11.8 Å². The predicted molar refractivity (Wildman–Crippen MR) is 82.3 cm³/mol. The number of halogens is 1. The first-order valence-corrected chi connectivity index (χ1v) is 8.28. The van der Waals surface area contributed by atoms with Crippen LogP contribution >= 0.6 is 15.9 Å². The van der Waals surface area contributed by atoms with Crippen LogP contribution in [0, 0.1) is 11.8 Å². The zero-order valence-electron chi connectivity index (χ0n) is 11.9. The first kappa shape index (κ1) is 15.5. The van der Waals surface area contributed by atoms with Crippen molar-refractivity contribution in [1.82, 2.24) is 10.2 Å². The second-order valence-corrected chi connectivity index (χ2v) is 6.89. The summed E-state index contributed by atoms with van der Waals surface area (Å²) >= 11 is 3.24. The zero-order chi connectivity index (χ0) is 14.5. The highest BCUT2D eigenvalue weighted by Gasteiger charge is 2.38. The highest BCUT2D eigenvalue weighted by atomic mass is 79.9. The SMILES string of the molecule is C=C(Br)CNC(=O)[C@H]1CCCC[C@H]1C(=O)N1CCCC1. The maximum absolute atomic E-state index is 12.6. The van der Waals surface area contributed by atoms with Crippen LogP contribution in [0.1, 0.15) is 38.5 Å². The maximum Gasteiger partial charge on any atom is 0.226 e. The Labute approximate surface area is 129 Å². The summed E-state index contributed by atoms with van der Waals surface area (Å²) in [6.45, 7) is 5.87. The third kappa shape index (κ3) is 3.84. The molecule has 1 saturated heterocycles. The van der Waals surface area contributed by atoms with Crippen LogP contribution in [0.3, 0.4) is 0 Å². The van der Waals surface area contributed by atoms with E-state index >= 15 is 0 Å². The van der Waals surface area contributed by atoms with Gasteiger partial charge in [-0.15, -0.1) is 0 Å². The van der Waals surface area contributed by atoms with E-state index in [2.05, 4.69) is 27.8 Å². The largest absolute Gasteiger partial charge is 0.351 e. The second kappa shape index (κ2) is 7.25. The van der Waals surface area contributed by atoms with Crippen molar-refractivity contribution >= 4 is 27.7 Å². The number of nitrogens with zero attached hydrogens (tertiary/aromatic N) is 1. The first-order chi connectivity index (χ1) is 9.59. The van der Waals surface area contributed by atoms with Crippen molar-refractivity contribution < 1.29 is 9.59 Å². The van der Waals surface area contributed by atoms with Crippen molar-refractivity contribution in [3.8, 4) is 0 Å². The molecule has 112 valence electrons. The van der Waals surface area contributed by atoms with Crippen molar-refractivity contribution in [3.63, 3.8) is 0 Å². The van der Waals surface area contributed by atoms with E-state index in [1.807, 2.05) is 4.90 Å². The molecule has 0 spiro atoms. The number of carbonyl (C=O) groups is 2. The summed E-state index contributed by atoms with van der Waals surface area (Å²) in [4.78, 5) is 26.8. The fraction of sp³-hybridized carbons (Fsp3) is 0.733. The lowest BCUT2D eigenvalue weighted by Crippen LogP contribution is -2.44. The van der Waals surface area contributed by atoms with E-state index < -0.39 is 0 Å². The monoisotopic (exact) mass is 342 g/mol. The molecule has 0 radical (unpaired) electrons. The van der Waals surface area contributed by atoms with Gasteiger partial charge in [-0.1, -0.05) is 35.4 Å².